The van der Waals surface area contributed by atoms with Crippen LogP contribution in [0.5, 0.6) is 0 Å². The number of carbonyl (C=O) groups is 2. The summed E-state index contributed by atoms with van der Waals surface area (Å²) in [6.45, 7) is 5.81. The molecule has 2 N–H and O–H groups in total. The molecule has 0 aromatic carbocycles. The Morgan fingerprint density at radius 1 is 1.35 bits per heavy atom. The summed E-state index contributed by atoms with van der Waals surface area (Å²) in [5.74, 6) is 0. The van der Waals surface area contributed by atoms with E-state index in [2.05, 4.69) is 21.1 Å². The number of urea groups is 2. The van der Waals surface area contributed by atoms with Gasteiger partial charge < -0.3 is 5.32 Å². The predicted molar refractivity (Wildman–Crippen MR) is 76.8 cm³/mol. The van der Waals surface area contributed by atoms with Gasteiger partial charge in [-0.15, -0.1) is 0 Å². The number of imide groups is 1. The van der Waals surface area contributed by atoms with Crippen molar-refractivity contribution >= 4 is 28.6 Å². The molecule has 0 atom stereocenters. The molecule has 0 fully saturated rings. The Hall–Kier alpha value is -2.14. The molecule has 7 nitrogen and oxygen atoms in total. The van der Waals surface area contributed by atoms with Crippen molar-refractivity contribution in [1.29, 1.82) is 5.26 Å². The Kier molecular flexibility index (Phi) is 4.68. The molecular weight excluding hydrogens is 278 g/mol. The molecule has 4 amide bonds. The minimum absolute atomic E-state index is 0.294. The number of hydrogen-bond acceptors (Lipinski definition) is 5. The van der Waals surface area contributed by atoms with Gasteiger partial charge in [0, 0.05) is 19.5 Å². The van der Waals surface area contributed by atoms with Crippen LogP contribution in [0, 0.1) is 11.3 Å². The second-order valence-corrected chi connectivity index (χ2v) is 5.91. The molecule has 0 radical (unpaired) electrons. The first kappa shape index (κ1) is 15.9. The normalized spacial score (nSPS) is 10.6. The molecule has 0 saturated carbocycles. The van der Waals surface area contributed by atoms with Crippen molar-refractivity contribution in [2.45, 2.75) is 26.2 Å². The van der Waals surface area contributed by atoms with Crippen LogP contribution in [-0.2, 0) is 5.41 Å². The highest BCUT2D eigenvalue weighted by molar-refractivity contribution is 7.10. The molecule has 0 unspecified atom stereocenters. The number of aromatic nitrogens is 1. The van der Waals surface area contributed by atoms with Crippen molar-refractivity contribution in [3.8, 4) is 6.07 Å². The maximum absolute atomic E-state index is 11.9. The standard InChI is InChI=1S/C12H17N5O2S/c1-12(2,3)8-7(6-13)9(20-16-8)15-11(19)17(5)10(18)14-4/h1-5H3,(H,14,18)(H,15,19). The van der Waals surface area contributed by atoms with Crippen molar-refractivity contribution in [3.05, 3.63) is 11.3 Å². The Labute approximate surface area is 121 Å². The van der Waals surface area contributed by atoms with E-state index in [0.717, 1.165) is 16.4 Å². The van der Waals surface area contributed by atoms with Gasteiger partial charge in [0.2, 0.25) is 0 Å². The molecule has 1 aromatic rings. The molecular formula is C12H17N5O2S. The number of amides is 4. The third-order valence-corrected chi connectivity index (χ3v) is 3.32. The van der Waals surface area contributed by atoms with Gasteiger partial charge in [0.15, 0.2) is 0 Å². The quantitative estimate of drug-likeness (QED) is 0.829. The molecule has 1 heterocycles. The van der Waals surface area contributed by atoms with Crippen LogP contribution in [0.15, 0.2) is 0 Å². The second kappa shape index (κ2) is 5.88. The molecule has 1 aromatic heterocycles. The van der Waals surface area contributed by atoms with E-state index < -0.39 is 12.1 Å². The smallest absolute Gasteiger partial charge is 0.330 e. The van der Waals surface area contributed by atoms with Crippen LogP contribution in [0.4, 0.5) is 14.6 Å². The van der Waals surface area contributed by atoms with Crippen molar-refractivity contribution in [3.63, 3.8) is 0 Å². The van der Waals surface area contributed by atoms with Crippen molar-refractivity contribution in [2.24, 2.45) is 0 Å². The van der Waals surface area contributed by atoms with Crippen LogP contribution in [0.3, 0.4) is 0 Å². The summed E-state index contributed by atoms with van der Waals surface area (Å²) in [5, 5.41) is 14.4. The summed E-state index contributed by atoms with van der Waals surface area (Å²) in [6, 6.07) is 0.892. The zero-order chi connectivity index (χ0) is 15.5. The molecule has 0 saturated heterocycles. The van der Waals surface area contributed by atoms with E-state index in [-0.39, 0.29) is 5.41 Å². The number of carbonyl (C=O) groups excluding carboxylic acids is 2. The maximum atomic E-state index is 11.9. The zero-order valence-electron chi connectivity index (χ0n) is 12.1. The van der Waals surface area contributed by atoms with Gasteiger partial charge in [-0.2, -0.15) is 9.64 Å². The first-order valence-electron chi connectivity index (χ1n) is 5.89. The molecule has 8 heteroatoms. The van der Waals surface area contributed by atoms with E-state index in [1.54, 1.807) is 0 Å². The van der Waals surface area contributed by atoms with Gasteiger partial charge in [0.1, 0.15) is 16.6 Å². The minimum Gasteiger partial charge on any atom is -0.341 e. The minimum atomic E-state index is -0.620. The Morgan fingerprint density at radius 2 is 1.95 bits per heavy atom. The van der Waals surface area contributed by atoms with Crippen LogP contribution in [0.2, 0.25) is 0 Å². The van der Waals surface area contributed by atoms with Gasteiger partial charge in [-0.05, 0) is 11.5 Å². The lowest BCUT2D eigenvalue weighted by Crippen LogP contribution is -2.41. The zero-order valence-corrected chi connectivity index (χ0v) is 12.9. The highest BCUT2D eigenvalue weighted by atomic mass is 32.1. The van der Waals surface area contributed by atoms with Crippen molar-refractivity contribution in [1.82, 2.24) is 14.6 Å². The third-order valence-electron chi connectivity index (χ3n) is 2.56. The topological polar surface area (TPSA) is 98.1 Å². The first-order valence-corrected chi connectivity index (χ1v) is 6.66. The monoisotopic (exact) mass is 295 g/mol. The molecule has 108 valence electrons. The van der Waals surface area contributed by atoms with E-state index in [4.69, 9.17) is 0 Å². The fraction of sp³-hybridized carbons (Fsp3) is 0.500. The SMILES string of the molecule is CNC(=O)N(C)C(=O)Nc1snc(C(C)(C)C)c1C#N. The molecule has 20 heavy (non-hydrogen) atoms. The van der Waals surface area contributed by atoms with E-state index >= 15 is 0 Å². The molecule has 0 spiro atoms. The molecule has 0 bridgehead atoms. The lowest BCUT2D eigenvalue weighted by molar-refractivity contribution is 0.203. The lowest BCUT2D eigenvalue weighted by atomic mass is 9.90. The number of hydrogen-bond donors (Lipinski definition) is 2. The summed E-state index contributed by atoms with van der Waals surface area (Å²) in [4.78, 5) is 24.1. The van der Waals surface area contributed by atoms with E-state index in [1.807, 2.05) is 20.8 Å². The highest BCUT2D eigenvalue weighted by Gasteiger charge is 2.26. The summed E-state index contributed by atoms with van der Waals surface area (Å²) >= 11 is 1.03. The predicted octanol–water partition coefficient (Wildman–Crippen LogP) is 2.12. The molecule has 1 rings (SSSR count). The van der Waals surface area contributed by atoms with Gasteiger partial charge in [-0.25, -0.2) is 14.5 Å². The number of nitriles is 1. The summed E-state index contributed by atoms with van der Waals surface area (Å²) in [5.41, 5.74) is 0.668. The van der Waals surface area contributed by atoms with Crippen molar-refractivity contribution < 1.29 is 9.59 Å². The fourth-order valence-corrected chi connectivity index (χ4v) is 2.35. The number of nitrogens with zero attached hydrogens (tertiary/aromatic N) is 3. The maximum Gasteiger partial charge on any atom is 0.330 e. The third kappa shape index (κ3) is 3.24. The van der Waals surface area contributed by atoms with E-state index in [9.17, 15) is 14.9 Å². The summed E-state index contributed by atoms with van der Waals surface area (Å²) < 4.78 is 4.22. The second-order valence-electron chi connectivity index (χ2n) is 5.14. The number of nitrogens with one attached hydrogen (secondary N) is 2. The molecule has 0 aliphatic rings. The average molecular weight is 295 g/mol. The highest BCUT2D eigenvalue weighted by Crippen LogP contribution is 2.32. The van der Waals surface area contributed by atoms with Gasteiger partial charge >= 0.3 is 12.1 Å². The van der Waals surface area contributed by atoms with Crippen LogP contribution in [0.25, 0.3) is 0 Å². The largest absolute Gasteiger partial charge is 0.341 e. The summed E-state index contributed by atoms with van der Waals surface area (Å²) in [7, 11) is 2.77. The van der Waals surface area contributed by atoms with Crippen molar-refractivity contribution in [2.75, 3.05) is 19.4 Å². The Morgan fingerprint density at radius 3 is 2.40 bits per heavy atom. The van der Waals surface area contributed by atoms with E-state index in [0.29, 0.717) is 16.3 Å². The summed E-state index contributed by atoms with van der Waals surface area (Å²) in [6.07, 6.45) is 0. The lowest BCUT2D eigenvalue weighted by Gasteiger charge is -2.16. The van der Waals surface area contributed by atoms with Crippen LogP contribution < -0.4 is 10.6 Å². The van der Waals surface area contributed by atoms with Gasteiger partial charge in [0.05, 0.1) is 5.69 Å². The number of anilines is 1. The van der Waals surface area contributed by atoms with Gasteiger partial charge in [-0.3, -0.25) is 5.32 Å². The van der Waals surface area contributed by atoms with Crippen LogP contribution >= 0.6 is 11.5 Å². The fourth-order valence-electron chi connectivity index (χ4n) is 1.43. The molecule has 0 aliphatic heterocycles. The Bertz CT molecular complexity index is 567. The van der Waals surface area contributed by atoms with Gasteiger partial charge in [0.25, 0.3) is 0 Å². The van der Waals surface area contributed by atoms with Crippen LogP contribution in [-0.4, -0.2) is 35.4 Å². The average Bonchev–Trinajstić information content (AvgIpc) is 2.79. The Balaban J connectivity index is 3.01. The van der Waals surface area contributed by atoms with Gasteiger partial charge in [-0.1, -0.05) is 20.8 Å². The van der Waals surface area contributed by atoms with Crippen LogP contribution in [0.1, 0.15) is 32.0 Å². The molecule has 0 aliphatic carbocycles. The number of rotatable bonds is 1. The van der Waals surface area contributed by atoms with E-state index in [1.165, 1.54) is 14.1 Å². The first-order chi connectivity index (χ1) is 9.22.